The summed E-state index contributed by atoms with van der Waals surface area (Å²) in [4.78, 5) is 19.2. The van der Waals surface area contributed by atoms with E-state index in [1.54, 1.807) is 30.4 Å². The van der Waals surface area contributed by atoms with Gasteiger partial charge in [0.2, 0.25) is 0 Å². The number of hydrogen-bond donors (Lipinski definition) is 0. The first-order valence-electron chi connectivity index (χ1n) is 8.02. The van der Waals surface area contributed by atoms with E-state index in [9.17, 15) is 0 Å². The average molecular weight is 438 g/mol. The Balaban J connectivity index is 2.18. The fraction of sp³-hybridized carbons (Fsp3) is 0.222. The molecule has 0 radical (unpaired) electrons. The van der Waals surface area contributed by atoms with Crippen LogP contribution >= 0.6 is 35.0 Å². The molecule has 2 heterocycles. The van der Waals surface area contributed by atoms with Crippen molar-refractivity contribution in [3.05, 3.63) is 40.9 Å². The molecule has 0 saturated heterocycles. The van der Waals surface area contributed by atoms with Crippen LogP contribution in [0.4, 0.5) is 11.5 Å². The smallest absolute Gasteiger partial charge is 0.161 e. The first kappa shape index (κ1) is 20.4. The van der Waals surface area contributed by atoms with Crippen molar-refractivity contribution in [3.8, 4) is 22.9 Å². The predicted molar refractivity (Wildman–Crippen MR) is 112 cm³/mol. The molecule has 0 aliphatic heterocycles. The van der Waals surface area contributed by atoms with E-state index in [1.807, 2.05) is 12.3 Å². The van der Waals surface area contributed by atoms with Crippen molar-refractivity contribution < 1.29 is 9.47 Å². The maximum atomic E-state index is 6.55. The van der Waals surface area contributed by atoms with Crippen LogP contribution in [0, 0.1) is 0 Å². The van der Waals surface area contributed by atoms with Gasteiger partial charge in [-0.3, -0.25) is 0 Å². The fourth-order valence-corrected chi connectivity index (χ4v) is 3.75. The molecule has 3 rings (SSSR count). The average Bonchev–Trinajstić information content (AvgIpc) is 2.74. The summed E-state index contributed by atoms with van der Waals surface area (Å²) < 4.78 is 10.7. The number of anilines is 2. The van der Waals surface area contributed by atoms with Crippen LogP contribution in [0.5, 0.6) is 11.5 Å². The van der Waals surface area contributed by atoms with Gasteiger partial charge in [-0.25, -0.2) is 19.9 Å². The van der Waals surface area contributed by atoms with Crippen molar-refractivity contribution in [2.45, 2.75) is 5.03 Å². The fourth-order valence-electron chi connectivity index (χ4n) is 2.61. The Kier molecular flexibility index (Phi) is 6.43. The molecule has 0 aliphatic carbocycles. The molecule has 10 heteroatoms. The quantitative estimate of drug-likeness (QED) is 0.404. The summed E-state index contributed by atoms with van der Waals surface area (Å²) in [6.07, 6.45) is 6.63. The van der Waals surface area contributed by atoms with Gasteiger partial charge in [-0.15, -0.1) is 11.8 Å². The second kappa shape index (κ2) is 8.81. The number of methoxy groups -OCH3 is 2. The lowest BCUT2D eigenvalue weighted by atomic mass is 10.2. The van der Waals surface area contributed by atoms with Crippen LogP contribution < -0.4 is 14.4 Å². The van der Waals surface area contributed by atoms with Crippen LogP contribution in [0.15, 0.2) is 35.9 Å². The van der Waals surface area contributed by atoms with Gasteiger partial charge < -0.3 is 14.4 Å². The van der Waals surface area contributed by atoms with E-state index < -0.39 is 0 Å². The van der Waals surface area contributed by atoms with Gasteiger partial charge in [-0.05, 0) is 12.3 Å². The molecule has 0 atom stereocenters. The lowest BCUT2D eigenvalue weighted by Crippen LogP contribution is -2.15. The Hall–Kier alpha value is -2.29. The number of ether oxygens (including phenoxy) is 2. The van der Waals surface area contributed by atoms with Gasteiger partial charge in [-0.2, -0.15) is 0 Å². The Morgan fingerprint density at radius 2 is 1.57 bits per heavy atom. The third kappa shape index (κ3) is 3.80. The van der Waals surface area contributed by atoms with Crippen molar-refractivity contribution in [1.29, 1.82) is 0 Å². The Bertz CT molecular complexity index is 977. The summed E-state index contributed by atoms with van der Waals surface area (Å²) in [6.45, 7) is 0. The molecule has 2 aromatic heterocycles. The molecule has 0 unspecified atom stereocenters. The highest BCUT2D eigenvalue weighted by Crippen LogP contribution is 2.48. The van der Waals surface area contributed by atoms with E-state index in [2.05, 4.69) is 19.9 Å². The summed E-state index contributed by atoms with van der Waals surface area (Å²) in [7, 11) is 4.84. The summed E-state index contributed by atoms with van der Waals surface area (Å²) in [5.41, 5.74) is 1.69. The lowest BCUT2D eigenvalue weighted by molar-refractivity contribution is 0.395. The molecular formula is C18H17Cl2N5O2S. The third-order valence-corrected chi connectivity index (χ3v) is 5.35. The number of thioether (sulfide) groups is 1. The molecule has 3 aromatic rings. The molecular weight excluding hydrogens is 421 g/mol. The molecule has 0 fully saturated rings. The van der Waals surface area contributed by atoms with E-state index in [1.165, 1.54) is 32.3 Å². The second-order valence-electron chi connectivity index (χ2n) is 5.49. The Labute approximate surface area is 177 Å². The Morgan fingerprint density at radius 1 is 0.929 bits per heavy atom. The highest BCUT2D eigenvalue weighted by molar-refractivity contribution is 7.98. The SMILES string of the molecule is COc1cc(OC)c(Cl)c(N(C)c2nccnc2-c2cc(SC)ncn2)c1Cl. The monoisotopic (exact) mass is 437 g/mol. The minimum absolute atomic E-state index is 0.333. The number of aromatic nitrogens is 4. The number of halogens is 2. The second-order valence-corrected chi connectivity index (χ2v) is 7.07. The van der Waals surface area contributed by atoms with E-state index >= 15 is 0 Å². The highest BCUT2D eigenvalue weighted by Gasteiger charge is 2.24. The summed E-state index contributed by atoms with van der Waals surface area (Å²) >= 11 is 14.6. The maximum absolute atomic E-state index is 6.55. The van der Waals surface area contributed by atoms with Crippen molar-refractivity contribution in [2.75, 3.05) is 32.4 Å². The molecule has 146 valence electrons. The topological polar surface area (TPSA) is 73.3 Å². The zero-order chi connectivity index (χ0) is 20.3. The predicted octanol–water partition coefficient (Wildman–Crippen LogP) is 4.75. The maximum Gasteiger partial charge on any atom is 0.161 e. The molecule has 7 nitrogen and oxygen atoms in total. The summed E-state index contributed by atoms with van der Waals surface area (Å²) in [6, 6.07) is 3.48. The molecule has 0 spiro atoms. The number of benzene rings is 1. The first-order valence-corrected chi connectivity index (χ1v) is 10.0. The first-order chi connectivity index (χ1) is 13.5. The minimum atomic E-state index is 0.333. The lowest BCUT2D eigenvalue weighted by Gasteiger charge is -2.24. The summed E-state index contributed by atoms with van der Waals surface area (Å²) in [5, 5.41) is 1.49. The van der Waals surface area contributed by atoms with Crippen molar-refractivity contribution in [2.24, 2.45) is 0 Å². The van der Waals surface area contributed by atoms with Crippen molar-refractivity contribution in [3.63, 3.8) is 0 Å². The zero-order valence-corrected chi connectivity index (χ0v) is 17.9. The number of rotatable bonds is 6. The van der Waals surface area contributed by atoms with Gasteiger partial charge in [0.25, 0.3) is 0 Å². The molecule has 0 amide bonds. The standard InChI is InChI=1S/C18H17Cl2N5O2S/c1-25(17-14(19)11(26-2)8-12(27-3)15(17)20)18-16(21-5-6-22-18)10-7-13(28-4)24-9-23-10/h5-9H,1-4H3. The normalized spacial score (nSPS) is 10.6. The van der Waals surface area contributed by atoms with Crippen LogP contribution in [0.2, 0.25) is 10.0 Å². The van der Waals surface area contributed by atoms with Gasteiger partial charge in [-0.1, -0.05) is 23.2 Å². The van der Waals surface area contributed by atoms with Gasteiger partial charge in [0.15, 0.2) is 5.82 Å². The number of hydrogen-bond acceptors (Lipinski definition) is 8. The van der Waals surface area contributed by atoms with Crippen molar-refractivity contribution >= 4 is 46.5 Å². The van der Waals surface area contributed by atoms with Gasteiger partial charge in [0.1, 0.15) is 33.6 Å². The molecule has 28 heavy (non-hydrogen) atoms. The minimum Gasteiger partial charge on any atom is -0.495 e. The third-order valence-electron chi connectivity index (χ3n) is 3.98. The van der Waals surface area contributed by atoms with Crippen molar-refractivity contribution in [1.82, 2.24) is 19.9 Å². The van der Waals surface area contributed by atoms with Gasteiger partial charge in [0.05, 0.1) is 30.6 Å². The molecule has 1 aromatic carbocycles. The van der Waals surface area contributed by atoms with Crippen LogP contribution in [-0.4, -0.2) is 47.5 Å². The van der Waals surface area contributed by atoms with Crippen LogP contribution in [-0.2, 0) is 0 Å². The van der Waals surface area contributed by atoms with Crippen LogP contribution in [0.3, 0.4) is 0 Å². The summed E-state index contributed by atoms with van der Waals surface area (Å²) in [5.74, 6) is 1.39. The van der Waals surface area contributed by atoms with Gasteiger partial charge >= 0.3 is 0 Å². The number of nitrogens with zero attached hydrogens (tertiary/aromatic N) is 5. The van der Waals surface area contributed by atoms with E-state index in [0.717, 1.165) is 5.03 Å². The molecule has 0 aliphatic rings. The van der Waals surface area contributed by atoms with Crippen LogP contribution in [0.1, 0.15) is 0 Å². The largest absolute Gasteiger partial charge is 0.495 e. The van der Waals surface area contributed by atoms with Gasteiger partial charge in [0, 0.05) is 25.5 Å². The molecule has 0 bridgehead atoms. The van der Waals surface area contributed by atoms with E-state index in [4.69, 9.17) is 32.7 Å². The Morgan fingerprint density at radius 3 is 2.18 bits per heavy atom. The van der Waals surface area contributed by atoms with E-state index in [0.29, 0.717) is 44.4 Å². The molecule has 0 N–H and O–H groups in total. The van der Waals surface area contributed by atoms with E-state index in [-0.39, 0.29) is 0 Å². The zero-order valence-electron chi connectivity index (χ0n) is 15.6. The van der Waals surface area contributed by atoms with Crippen LogP contribution in [0.25, 0.3) is 11.4 Å². The molecule has 0 saturated carbocycles. The highest BCUT2D eigenvalue weighted by atomic mass is 35.5.